The molecule has 0 saturated carbocycles. The second-order valence-electron chi connectivity index (χ2n) is 4.40. The van der Waals surface area contributed by atoms with Gasteiger partial charge in [-0.1, -0.05) is 19.1 Å². The molecule has 0 heterocycles. The maximum atomic E-state index is 11.0. The Labute approximate surface area is 112 Å². The van der Waals surface area contributed by atoms with E-state index in [1.807, 2.05) is 6.92 Å². The van der Waals surface area contributed by atoms with Crippen molar-refractivity contribution < 1.29 is 13.2 Å². The third-order valence-electron chi connectivity index (χ3n) is 2.68. The summed E-state index contributed by atoms with van der Waals surface area (Å²) < 4.78 is 22.1. The number of amides is 1. The van der Waals surface area contributed by atoms with E-state index in [4.69, 9.17) is 16.4 Å². The first-order valence-electron chi connectivity index (χ1n) is 5.61. The third-order valence-corrected chi connectivity index (χ3v) is 4.05. The van der Waals surface area contributed by atoms with E-state index in [1.54, 1.807) is 12.1 Å². The molecular formula is C12H16ClNO3S. The van der Waals surface area contributed by atoms with Gasteiger partial charge in [-0.25, -0.2) is 8.42 Å². The molecule has 0 bridgehead atoms. The van der Waals surface area contributed by atoms with Crippen molar-refractivity contribution in [3.05, 3.63) is 29.8 Å². The van der Waals surface area contributed by atoms with Crippen LogP contribution in [-0.2, 0) is 20.3 Å². The van der Waals surface area contributed by atoms with Gasteiger partial charge in [0.15, 0.2) is 0 Å². The summed E-state index contributed by atoms with van der Waals surface area (Å²) in [6.07, 6.45) is 1.97. The zero-order valence-corrected chi connectivity index (χ0v) is 11.7. The van der Waals surface area contributed by atoms with E-state index in [0.29, 0.717) is 6.42 Å². The Balaban J connectivity index is 2.57. The Morgan fingerprint density at radius 2 is 1.89 bits per heavy atom. The number of carbonyl (C=O) groups is 1. The lowest BCUT2D eigenvalue weighted by Crippen LogP contribution is -2.15. The average Bonchev–Trinajstić information content (AvgIpc) is 2.25. The highest BCUT2D eigenvalue weighted by molar-refractivity contribution is 8.13. The van der Waals surface area contributed by atoms with Crippen LogP contribution in [-0.4, -0.2) is 14.3 Å². The molecular weight excluding hydrogens is 274 g/mol. The van der Waals surface area contributed by atoms with Crippen molar-refractivity contribution >= 4 is 25.6 Å². The molecule has 0 aliphatic heterocycles. The number of carbonyl (C=O) groups excluding carboxylic acids is 1. The fourth-order valence-electron chi connectivity index (χ4n) is 1.68. The van der Waals surface area contributed by atoms with Gasteiger partial charge in [-0.2, -0.15) is 0 Å². The van der Waals surface area contributed by atoms with Gasteiger partial charge in [-0.05, 0) is 36.5 Å². The van der Waals surface area contributed by atoms with Crippen LogP contribution >= 0.6 is 10.7 Å². The highest BCUT2D eigenvalue weighted by Gasteiger charge is 2.10. The van der Waals surface area contributed by atoms with E-state index in [1.165, 1.54) is 12.1 Å². The van der Waals surface area contributed by atoms with Crippen molar-refractivity contribution in [2.75, 3.05) is 0 Å². The van der Waals surface area contributed by atoms with E-state index in [2.05, 4.69) is 0 Å². The molecule has 6 heteroatoms. The van der Waals surface area contributed by atoms with Crippen LogP contribution in [0.3, 0.4) is 0 Å². The normalized spacial score (nSPS) is 13.2. The quantitative estimate of drug-likeness (QED) is 0.814. The van der Waals surface area contributed by atoms with Crippen molar-refractivity contribution in [1.82, 2.24) is 0 Å². The summed E-state index contributed by atoms with van der Waals surface area (Å²) in [5.41, 5.74) is 6.12. The molecule has 0 fully saturated rings. The molecule has 1 atom stereocenters. The van der Waals surface area contributed by atoms with Crippen LogP contribution in [0.5, 0.6) is 0 Å². The average molecular weight is 290 g/mol. The zero-order valence-electron chi connectivity index (χ0n) is 10.1. The molecule has 1 aromatic carbocycles. The van der Waals surface area contributed by atoms with Gasteiger partial charge in [0.2, 0.25) is 5.91 Å². The van der Waals surface area contributed by atoms with Gasteiger partial charge in [0.05, 0.1) is 4.90 Å². The summed E-state index contributed by atoms with van der Waals surface area (Å²) >= 11 is 0. The van der Waals surface area contributed by atoms with E-state index in [0.717, 1.165) is 18.4 Å². The van der Waals surface area contributed by atoms with Crippen LogP contribution in [0.15, 0.2) is 29.2 Å². The highest BCUT2D eigenvalue weighted by Crippen LogP contribution is 2.17. The molecule has 2 N–H and O–H groups in total. The lowest BCUT2D eigenvalue weighted by Gasteiger charge is -2.08. The molecule has 18 heavy (non-hydrogen) atoms. The van der Waals surface area contributed by atoms with E-state index >= 15 is 0 Å². The topological polar surface area (TPSA) is 77.2 Å². The van der Waals surface area contributed by atoms with Crippen LogP contribution in [0.4, 0.5) is 0 Å². The fraction of sp³-hybridized carbons (Fsp3) is 0.417. The highest BCUT2D eigenvalue weighted by atomic mass is 35.7. The number of rotatable bonds is 6. The van der Waals surface area contributed by atoms with Gasteiger partial charge in [0.1, 0.15) is 0 Å². The molecule has 0 aromatic heterocycles. The van der Waals surface area contributed by atoms with E-state index in [9.17, 15) is 13.2 Å². The predicted molar refractivity (Wildman–Crippen MR) is 70.8 cm³/mol. The molecule has 0 saturated heterocycles. The maximum absolute atomic E-state index is 11.0. The van der Waals surface area contributed by atoms with Gasteiger partial charge in [-0.15, -0.1) is 0 Å². The molecule has 1 amide bonds. The fourth-order valence-corrected chi connectivity index (χ4v) is 2.45. The molecule has 0 aliphatic rings. The Kier molecular flexibility index (Phi) is 5.16. The first-order valence-corrected chi connectivity index (χ1v) is 7.92. The summed E-state index contributed by atoms with van der Waals surface area (Å²) in [5, 5.41) is 0. The van der Waals surface area contributed by atoms with E-state index in [-0.39, 0.29) is 16.7 Å². The van der Waals surface area contributed by atoms with Crippen molar-refractivity contribution in [2.24, 2.45) is 11.7 Å². The number of halogens is 1. The van der Waals surface area contributed by atoms with Crippen LogP contribution in [0.2, 0.25) is 0 Å². The van der Waals surface area contributed by atoms with Crippen molar-refractivity contribution in [1.29, 1.82) is 0 Å². The lowest BCUT2D eigenvalue weighted by molar-refractivity contribution is -0.118. The van der Waals surface area contributed by atoms with Gasteiger partial charge in [0, 0.05) is 17.1 Å². The Bertz CT molecular complexity index is 511. The SMILES string of the molecule is CC(CCc1ccc(S(=O)(=O)Cl)cc1)CC(N)=O. The molecule has 1 rings (SSSR count). The molecule has 1 aromatic rings. The summed E-state index contributed by atoms with van der Waals surface area (Å²) in [5.74, 6) is -0.0787. The predicted octanol–water partition coefficient (Wildman–Crippen LogP) is 2.06. The standard InChI is InChI=1S/C12H16ClNO3S/c1-9(8-12(14)15)2-3-10-4-6-11(7-5-10)18(13,16)17/h4-7,9H,2-3,8H2,1H3,(H2,14,15). The number of aryl methyl sites for hydroxylation is 1. The van der Waals surface area contributed by atoms with E-state index < -0.39 is 9.05 Å². The van der Waals surface area contributed by atoms with Gasteiger partial charge < -0.3 is 5.73 Å². The largest absolute Gasteiger partial charge is 0.370 e. The van der Waals surface area contributed by atoms with Gasteiger partial charge >= 0.3 is 0 Å². The van der Waals surface area contributed by atoms with Crippen molar-refractivity contribution in [2.45, 2.75) is 31.1 Å². The van der Waals surface area contributed by atoms with Crippen molar-refractivity contribution in [3.63, 3.8) is 0 Å². The minimum Gasteiger partial charge on any atom is -0.370 e. The van der Waals surface area contributed by atoms with Crippen LogP contribution in [0, 0.1) is 5.92 Å². The smallest absolute Gasteiger partial charge is 0.261 e. The number of primary amides is 1. The van der Waals surface area contributed by atoms with Crippen LogP contribution in [0.25, 0.3) is 0 Å². The summed E-state index contributed by atoms with van der Waals surface area (Å²) in [7, 11) is 1.56. The molecule has 0 spiro atoms. The Hall–Kier alpha value is -1.07. The minimum absolute atomic E-state index is 0.0955. The molecule has 4 nitrogen and oxygen atoms in total. The maximum Gasteiger partial charge on any atom is 0.261 e. The molecule has 1 unspecified atom stereocenters. The molecule has 100 valence electrons. The second kappa shape index (κ2) is 6.20. The Morgan fingerprint density at radius 1 is 1.33 bits per heavy atom. The number of hydrogen-bond acceptors (Lipinski definition) is 3. The zero-order chi connectivity index (χ0) is 13.8. The third kappa shape index (κ3) is 5.06. The monoisotopic (exact) mass is 289 g/mol. The second-order valence-corrected chi connectivity index (χ2v) is 6.96. The minimum atomic E-state index is -3.66. The lowest BCUT2D eigenvalue weighted by atomic mass is 9.98. The number of benzene rings is 1. The van der Waals surface area contributed by atoms with Crippen LogP contribution in [0.1, 0.15) is 25.3 Å². The van der Waals surface area contributed by atoms with Crippen molar-refractivity contribution in [3.8, 4) is 0 Å². The summed E-state index contributed by atoms with van der Waals surface area (Å²) in [6.45, 7) is 1.96. The molecule has 0 aliphatic carbocycles. The van der Waals surface area contributed by atoms with Crippen LogP contribution < -0.4 is 5.73 Å². The summed E-state index contributed by atoms with van der Waals surface area (Å²) in [6, 6.07) is 6.42. The summed E-state index contributed by atoms with van der Waals surface area (Å²) in [4.78, 5) is 10.8. The first kappa shape index (κ1) is 15.0. The number of nitrogens with two attached hydrogens (primary N) is 1. The van der Waals surface area contributed by atoms with Gasteiger partial charge in [-0.3, -0.25) is 4.79 Å². The first-order chi connectivity index (χ1) is 8.29. The Morgan fingerprint density at radius 3 is 2.33 bits per heavy atom. The number of hydrogen-bond donors (Lipinski definition) is 1. The van der Waals surface area contributed by atoms with Gasteiger partial charge in [0.25, 0.3) is 9.05 Å². The molecule has 0 radical (unpaired) electrons.